The van der Waals surface area contributed by atoms with Crippen LogP contribution in [0.15, 0.2) is 0 Å². The summed E-state index contributed by atoms with van der Waals surface area (Å²) >= 11 is 0. The van der Waals surface area contributed by atoms with Crippen LogP contribution in [-0.2, 0) is 9.53 Å². The third-order valence-electron chi connectivity index (χ3n) is 3.20. The Kier molecular flexibility index (Phi) is 11.6. The molecule has 0 aliphatic heterocycles. The van der Waals surface area contributed by atoms with Gasteiger partial charge in [-0.25, -0.2) is 0 Å². The van der Waals surface area contributed by atoms with Gasteiger partial charge in [0.1, 0.15) is 0 Å². The first-order valence-corrected chi connectivity index (χ1v) is 7.30. The van der Waals surface area contributed by atoms with Gasteiger partial charge >= 0.3 is 5.97 Å². The van der Waals surface area contributed by atoms with Crippen LogP contribution in [-0.4, -0.2) is 12.6 Å². The van der Waals surface area contributed by atoms with E-state index >= 15 is 0 Å². The summed E-state index contributed by atoms with van der Waals surface area (Å²) in [6, 6.07) is 0. The Labute approximate surface area is 107 Å². The van der Waals surface area contributed by atoms with Crippen molar-refractivity contribution in [3.05, 3.63) is 0 Å². The minimum absolute atomic E-state index is 0.158. The van der Waals surface area contributed by atoms with E-state index < -0.39 is 0 Å². The van der Waals surface area contributed by atoms with E-state index in [9.17, 15) is 4.79 Å². The minimum atomic E-state index is -0.158. The van der Waals surface area contributed by atoms with Gasteiger partial charge < -0.3 is 4.74 Å². The molecule has 0 bridgehead atoms. The number of rotatable bonds is 11. The molecular formula is C15H30O2. The Morgan fingerprint density at radius 2 is 1.59 bits per heavy atom. The number of hydrogen-bond acceptors (Lipinski definition) is 2. The fourth-order valence-electron chi connectivity index (χ4n) is 2.04. The minimum Gasteiger partial charge on any atom is -0.466 e. The molecule has 1 atom stereocenters. The lowest BCUT2D eigenvalue weighted by molar-refractivity contribution is -0.141. The van der Waals surface area contributed by atoms with E-state index in [4.69, 9.17) is 4.74 Å². The molecule has 0 amide bonds. The molecule has 0 rings (SSSR count). The Morgan fingerprint density at radius 1 is 1.00 bits per heavy atom. The predicted molar refractivity (Wildman–Crippen MR) is 73.0 cm³/mol. The smallest absolute Gasteiger partial charge is 0.302 e. The van der Waals surface area contributed by atoms with E-state index in [2.05, 4.69) is 13.8 Å². The highest BCUT2D eigenvalue weighted by Gasteiger charge is 2.01. The highest BCUT2D eigenvalue weighted by molar-refractivity contribution is 5.65. The second-order valence-electron chi connectivity index (χ2n) is 5.14. The zero-order chi connectivity index (χ0) is 12.9. The van der Waals surface area contributed by atoms with E-state index in [-0.39, 0.29) is 5.97 Å². The van der Waals surface area contributed by atoms with Crippen LogP contribution in [0.2, 0.25) is 0 Å². The largest absolute Gasteiger partial charge is 0.466 e. The molecule has 0 spiro atoms. The zero-order valence-electron chi connectivity index (χ0n) is 12.0. The molecule has 0 saturated heterocycles. The number of unbranched alkanes of at least 4 members (excludes halogenated alkanes) is 5. The van der Waals surface area contributed by atoms with Crippen molar-refractivity contribution in [1.82, 2.24) is 0 Å². The molecule has 17 heavy (non-hydrogen) atoms. The summed E-state index contributed by atoms with van der Waals surface area (Å²) in [5.41, 5.74) is 0. The molecule has 0 aliphatic rings. The third kappa shape index (κ3) is 13.4. The highest BCUT2D eigenvalue weighted by atomic mass is 16.5. The van der Waals surface area contributed by atoms with Crippen LogP contribution in [0.1, 0.15) is 78.6 Å². The van der Waals surface area contributed by atoms with Crippen molar-refractivity contribution in [2.45, 2.75) is 78.6 Å². The zero-order valence-corrected chi connectivity index (χ0v) is 12.0. The summed E-state index contributed by atoms with van der Waals surface area (Å²) in [6.45, 7) is 6.70. The average molecular weight is 242 g/mol. The van der Waals surface area contributed by atoms with Crippen LogP contribution in [0, 0.1) is 5.92 Å². The fraction of sp³-hybridized carbons (Fsp3) is 0.933. The lowest BCUT2D eigenvalue weighted by Gasteiger charge is -2.10. The predicted octanol–water partition coefficient (Wildman–Crippen LogP) is 4.72. The second kappa shape index (κ2) is 11.9. The summed E-state index contributed by atoms with van der Waals surface area (Å²) in [5.74, 6) is 0.741. The number of ether oxygens (including phenoxy) is 1. The Morgan fingerprint density at radius 3 is 2.24 bits per heavy atom. The lowest BCUT2D eigenvalue weighted by atomic mass is 9.97. The average Bonchev–Trinajstić information content (AvgIpc) is 2.29. The molecule has 2 heteroatoms. The molecule has 1 unspecified atom stereocenters. The monoisotopic (exact) mass is 242 g/mol. The van der Waals surface area contributed by atoms with E-state index in [1.165, 1.54) is 58.3 Å². The van der Waals surface area contributed by atoms with E-state index in [0.29, 0.717) is 6.61 Å². The van der Waals surface area contributed by atoms with Crippen molar-refractivity contribution >= 4 is 5.97 Å². The number of carbonyl (C=O) groups is 1. The third-order valence-corrected chi connectivity index (χ3v) is 3.20. The van der Waals surface area contributed by atoms with Crippen LogP contribution < -0.4 is 0 Å². The van der Waals surface area contributed by atoms with Crippen molar-refractivity contribution in [3.63, 3.8) is 0 Å². The van der Waals surface area contributed by atoms with Crippen LogP contribution in [0.25, 0.3) is 0 Å². The quantitative estimate of drug-likeness (QED) is 0.387. The maximum absolute atomic E-state index is 10.5. The first kappa shape index (κ1) is 16.5. The van der Waals surface area contributed by atoms with E-state index in [1.54, 1.807) is 0 Å². The number of carbonyl (C=O) groups excluding carboxylic acids is 1. The van der Waals surface area contributed by atoms with Gasteiger partial charge in [-0.1, -0.05) is 65.2 Å². The Bertz CT molecular complexity index is 178. The highest BCUT2D eigenvalue weighted by Crippen LogP contribution is 2.16. The van der Waals surface area contributed by atoms with Gasteiger partial charge in [-0.15, -0.1) is 0 Å². The molecule has 0 aromatic heterocycles. The molecule has 0 radical (unpaired) electrons. The second-order valence-corrected chi connectivity index (χ2v) is 5.14. The molecule has 0 aliphatic carbocycles. The van der Waals surface area contributed by atoms with Crippen molar-refractivity contribution in [1.29, 1.82) is 0 Å². The van der Waals surface area contributed by atoms with Gasteiger partial charge in [-0.3, -0.25) is 4.79 Å². The molecule has 0 heterocycles. The summed E-state index contributed by atoms with van der Waals surface area (Å²) < 4.78 is 4.89. The van der Waals surface area contributed by atoms with Gasteiger partial charge in [0.25, 0.3) is 0 Å². The van der Waals surface area contributed by atoms with Crippen LogP contribution in [0.3, 0.4) is 0 Å². The molecule has 2 nitrogen and oxygen atoms in total. The SMILES string of the molecule is CCCCC(C)CCCCCCCOC(C)=O. The van der Waals surface area contributed by atoms with E-state index in [1.807, 2.05) is 0 Å². The van der Waals surface area contributed by atoms with Crippen molar-refractivity contribution in [3.8, 4) is 0 Å². The van der Waals surface area contributed by atoms with Gasteiger partial charge in [0.15, 0.2) is 0 Å². The Balaban J connectivity index is 3.10. The van der Waals surface area contributed by atoms with Crippen molar-refractivity contribution in [2.75, 3.05) is 6.61 Å². The van der Waals surface area contributed by atoms with Crippen molar-refractivity contribution < 1.29 is 9.53 Å². The van der Waals surface area contributed by atoms with Gasteiger partial charge in [-0.2, -0.15) is 0 Å². The first-order chi connectivity index (χ1) is 8.16. The maximum Gasteiger partial charge on any atom is 0.302 e. The molecule has 102 valence electrons. The van der Waals surface area contributed by atoms with Gasteiger partial charge in [0.2, 0.25) is 0 Å². The van der Waals surface area contributed by atoms with Gasteiger partial charge in [-0.05, 0) is 12.3 Å². The first-order valence-electron chi connectivity index (χ1n) is 7.30. The molecule has 0 saturated carbocycles. The Hall–Kier alpha value is -0.530. The van der Waals surface area contributed by atoms with Crippen LogP contribution >= 0.6 is 0 Å². The molecule has 0 fully saturated rings. The molecule has 0 aromatic carbocycles. The standard InChI is InChI=1S/C15H30O2/c1-4-5-11-14(2)12-9-7-6-8-10-13-17-15(3)16/h14H,4-13H2,1-3H3. The maximum atomic E-state index is 10.5. The summed E-state index contributed by atoms with van der Waals surface area (Å²) in [6.07, 6.45) is 11.6. The van der Waals surface area contributed by atoms with Crippen LogP contribution in [0.4, 0.5) is 0 Å². The molecular weight excluding hydrogens is 212 g/mol. The number of hydrogen-bond donors (Lipinski definition) is 0. The molecule has 0 aromatic rings. The summed E-state index contributed by atoms with van der Waals surface area (Å²) in [5, 5.41) is 0. The summed E-state index contributed by atoms with van der Waals surface area (Å²) in [4.78, 5) is 10.5. The van der Waals surface area contributed by atoms with Crippen LogP contribution in [0.5, 0.6) is 0 Å². The summed E-state index contributed by atoms with van der Waals surface area (Å²) in [7, 11) is 0. The van der Waals surface area contributed by atoms with Crippen molar-refractivity contribution in [2.24, 2.45) is 5.92 Å². The fourth-order valence-corrected chi connectivity index (χ4v) is 2.04. The lowest BCUT2D eigenvalue weighted by Crippen LogP contribution is -2.00. The van der Waals surface area contributed by atoms with Gasteiger partial charge in [0, 0.05) is 6.92 Å². The topological polar surface area (TPSA) is 26.3 Å². The molecule has 0 N–H and O–H groups in total. The van der Waals surface area contributed by atoms with Gasteiger partial charge in [0.05, 0.1) is 6.61 Å². The normalized spacial score (nSPS) is 12.4. The van der Waals surface area contributed by atoms with E-state index in [0.717, 1.165) is 12.3 Å². The number of esters is 1.